The molecule has 120 heavy (non-hydrogen) atoms. The van der Waals surface area contributed by atoms with Crippen molar-refractivity contribution in [3.8, 4) is 0 Å². The van der Waals surface area contributed by atoms with Gasteiger partial charge in [0.15, 0.2) is 11.9 Å². The number of primary amides is 1. The van der Waals surface area contributed by atoms with E-state index < -0.39 is 267 Å². The number of aliphatic hydroxyl groups excluding tert-OH is 4. The van der Waals surface area contributed by atoms with Crippen molar-refractivity contribution < 1.29 is 127 Å². The molecule has 38 N–H and O–H groups in total. The molecule has 0 aromatic rings. The van der Waals surface area contributed by atoms with Crippen LogP contribution in [0, 0.1) is 5.92 Å². The van der Waals surface area contributed by atoms with Gasteiger partial charge < -0.3 is 161 Å². The van der Waals surface area contributed by atoms with E-state index in [2.05, 4.69) is 79.1 Å². The third-order valence-electron chi connectivity index (χ3n) is 17.4. The summed E-state index contributed by atoms with van der Waals surface area (Å²) in [5.41, 5.74) is 44.7. The molecular formula is C69H123N25O26. The number of amides is 16. The summed E-state index contributed by atoms with van der Waals surface area (Å²) >= 11 is 0. The molecule has 51 heteroatoms. The van der Waals surface area contributed by atoms with E-state index in [0.717, 1.165) is 27.7 Å². The molecule has 17 atom stereocenters. The first kappa shape index (κ1) is 108. The van der Waals surface area contributed by atoms with Crippen LogP contribution in [0.25, 0.3) is 0 Å². The highest BCUT2D eigenvalue weighted by molar-refractivity contribution is 6.01. The van der Waals surface area contributed by atoms with Gasteiger partial charge in [0.25, 0.3) is 0 Å². The molecule has 0 aliphatic rings. The molecule has 0 aromatic carbocycles. The highest BCUT2D eigenvalue weighted by Gasteiger charge is 2.39. The summed E-state index contributed by atoms with van der Waals surface area (Å²) in [7, 11) is 0. The summed E-state index contributed by atoms with van der Waals surface area (Å²) in [6, 6.07) is -25.1. The van der Waals surface area contributed by atoms with Crippen molar-refractivity contribution in [2.45, 2.75) is 254 Å². The molecule has 0 saturated heterocycles. The number of aliphatic imine (C=N–C) groups is 2. The molecular weight excluding hydrogens is 1590 g/mol. The topological polar surface area (TPSA) is 879 Å². The van der Waals surface area contributed by atoms with E-state index in [1.54, 1.807) is 13.8 Å². The van der Waals surface area contributed by atoms with Crippen LogP contribution in [-0.2, 0) is 91.1 Å². The first-order chi connectivity index (χ1) is 56.1. The van der Waals surface area contributed by atoms with Crippen molar-refractivity contribution in [3.05, 3.63) is 0 Å². The predicted molar refractivity (Wildman–Crippen MR) is 423 cm³/mol. The zero-order chi connectivity index (χ0) is 91.8. The van der Waals surface area contributed by atoms with Gasteiger partial charge in [-0.3, -0.25) is 96.3 Å². The summed E-state index contributed by atoms with van der Waals surface area (Å²) < 4.78 is 0. The Morgan fingerprint density at radius 1 is 0.342 bits per heavy atom. The van der Waals surface area contributed by atoms with Crippen molar-refractivity contribution in [2.24, 2.45) is 61.8 Å². The van der Waals surface area contributed by atoms with Gasteiger partial charge in [0, 0.05) is 25.9 Å². The molecule has 0 radical (unpaired) electrons. The number of rotatable bonds is 61. The van der Waals surface area contributed by atoms with E-state index in [4.69, 9.17) is 51.0 Å². The van der Waals surface area contributed by atoms with Crippen LogP contribution >= 0.6 is 0 Å². The molecule has 680 valence electrons. The Morgan fingerprint density at radius 3 is 1.11 bits per heavy atom. The van der Waals surface area contributed by atoms with Gasteiger partial charge in [-0.1, -0.05) is 13.8 Å². The van der Waals surface area contributed by atoms with Crippen LogP contribution in [0.1, 0.15) is 151 Å². The summed E-state index contributed by atoms with van der Waals surface area (Å²) in [5.74, 6) is -23.4. The quantitative estimate of drug-likeness (QED) is 0.0153. The van der Waals surface area contributed by atoms with E-state index in [0.29, 0.717) is 19.3 Å². The fourth-order valence-corrected chi connectivity index (χ4v) is 10.7. The predicted octanol–water partition coefficient (Wildman–Crippen LogP) is -13.9. The Hall–Kier alpha value is -11.8. The number of nitrogens with one attached hydrogen (secondary N) is 15. The fourth-order valence-electron chi connectivity index (χ4n) is 10.7. The molecule has 0 aromatic heterocycles. The van der Waals surface area contributed by atoms with E-state index >= 15 is 0 Å². The Labute approximate surface area is 690 Å². The lowest BCUT2D eigenvalue weighted by Crippen LogP contribution is -2.63. The van der Waals surface area contributed by atoms with Crippen LogP contribution in [-0.4, -0.2) is 309 Å². The second kappa shape index (κ2) is 57.3. The van der Waals surface area contributed by atoms with Gasteiger partial charge in [-0.25, -0.2) is 4.79 Å². The minimum atomic E-state index is -2.10. The van der Waals surface area contributed by atoms with Crippen molar-refractivity contribution in [1.82, 2.24) is 79.8 Å². The number of nitrogens with two attached hydrogens (primary N) is 8. The van der Waals surface area contributed by atoms with Gasteiger partial charge in [-0.05, 0) is 137 Å². The second-order valence-electron chi connectivity index (χ2n) is 28.4. The smallest absolute Gasteiger partial charge is 0.328 e. The van der Waals surface area contributed by atoms with Crippen molar-refractivity contribution in [3.63, 3.8) is 0 Å². The molecule has 0 unspecified atom stereocenters. The third kappa shape index (κ3) is 44.1. The Balaban J connectivity index is 6.71. The Kier molecular flexibility index (Phi) is 51.7. The largest absolute Gasteiger partial charge is 0.481 e. The Bertz CT molecular complexity index is 3530. The highest BCUT2D eigenvalue weighted by Crippen LogP contribution is 2.13. The molecule has 0 saturated carbocycles. The summed E-state index contributed by atoms with van der Waals surface area (Å²) in [5, 5.41) is 103. The maximum Gasteiger partial charge on any atom is 0.328 e. The summed E-state index contributed by atoms with van der Waals surface area (Å²) in [6.07, 6.45) is -6.46. The van der Waals surface area contributed by atoms with Crippen LogP contribution < -0.4 is 126 Å². The third-order valence-corrected chi connectivity index (χ3v) is 17.4. The van der Waals surface area contributed by atoms with Gasteiger partial charge >= 0.3 is 17.9 Å². The number of carboxylic acid groups (broad SMARTS) is 3. The van der Waals surface area contributed by atoms with Crippen LogP contribution in [0.15, 0.2) is 9.98 Å². The van der Waals surface area contributed by atoms with Crippen molar-refractivity contribution in [1.29, 1.82) is 0 Å². The van der Waals surface area contributed by atoms with E-state index in [9.17, 15) is 122 Å². The normalized spacial score (nSPS) is 15.3. The number of carboxylic acids is 3. The first-order valence-electron chi connectivity index (χ1n) is 38.5. The zero-order valence-electron chi connectivity index (χ0n) is 68.1. The maximum atomic E-state index is 14.3. The standard InChI is InChI=1S/C69H123N25O26/c1-31(2)26-43(90-55(107)34(5)82-57(109)38(15-8-10-22-70)86-59(111)40(17-13-25-79-69(76)77)85-56(108)37(72)14-12-24-78-68(74)75)62(114)89-41(18-20-47(73)99)60(112)91-45(29-95)64(116)87-39(16-9-11-23-71)58(110)88-42(19-21-49(101)102)61(113)93-52(36(7)98)66(118)94-51(35(6)97)65(117)83-33(4)54(106)81-32(3)53(105)80-28-48(100)84-44(27-50(103)104)63(115)92-46(30-96)67(119)120/h31-46,51-52,95-98H,8-30,70-72H2,1-7H3,(H2,73,99)(H,80,105)(H,81,106)(H,82,109)(H,83,117)(H,84,100)(H,85,108)(H,86,111)(H,87,116)(H,88,110)(H,89,114)(H,90,107)(H,91,112)(H,92,115)(H,93,113)(H,94,118)(H,101,102)(H,103,104)(H,119,120)(H4,74,75,78)(H4,76,77,79)/t32-,33-,34-,35+,36+,37-,38-,39-,40-,41-,42-,43-,44-,45-,46-,51-,52-/m0/s1. The molecule has 0 rings (SSSR count). The minimum absolute atomic E-state index is 0.0177. The average Bonchev–Trinajstić information content (AvgIpc) is 0.852. The van der Waals surface area contributed by atoms with Gasteiger partial charge in [-0.15, -0.1) is 0 Å². The number of carbonyl (C=O) groups excluding carboxylic acids is 16. The lowest BCUT2D eigenvalue weighted by Gasteiger charge is -2.29. The second-order valence-corrected chi connectivity index (χ2v) is 28.4. The number of nitrogens with zero attached hydrogens (tertiary/aromatic N) is 2. The van der Waals surface area contributed by atoms with Gasteiger partial charge in [0.2, 0.25) is 94.5 Å². The maximum absolute atomic E-state index is 14.3. The van der Waals surface area contributed by atoms with Crippen LogP contribution in [0.5, 0.6) is 0 Å². The van der Waals surface area contributed by atoms with Crippen LogP contribution in [0.2, 0.25) is 0 Å². The highest BCUT2D eigenvalue weighted by atomic mass is 16.4. The zero-order valence-corrected chi connectivity index (χ0v) is 68.1. The number of aliphatic hydroxyl groups is 4. The molecule has 16 amide bonds. The molecule has 0 aliphatic carbocycles. The molecule has 0 fully saturated rings. The average molecular weight is 1720 g/mol. The number of hydrogen-bond donors (Lipinski definition) is 30. The van der Waals surface area contributed by atoms with Gasteiger partial charge in [0.1, 0.15) is 84.6 Å². The molecule has 0 bridgehead atoms. The van der Waals surface area contributed by atoms with E-state index in [1.807, 2.05) is 10.6 Å². The number of unbranched alkanes of at least 4 members (excludes halogenated alkanes) is 2. The van der Waals surface area contributed by atoms with Gasteiger partial charge in [0.05, 0.1) is 44.4 Å². The number of aliphatic carboxylic acids is 3. The SMILES string of the molecule is CC(C)C[C@H](NC(=O)[C@H](C)NC(=O)[C@H](CCCCN)NC(=O)[C@H](CCCN=C(N)N)NC(=O)[C@@H](N)CCCN=C(N)N)C(=O)N[C@@H](CCC(N)=O)C(=O)N[C@@H](CO)C(=O)N[C@@H](CCCCN)C(=O)N[C@@H](CCC(=O)O)C(=O)N[C@H](C(=O)N[C@H](C(=O)N[C@@H](C)C(=O)N[C@@H](C)C(=O)NCC(=O)N[C@@H](CC(=O)O)C(=O)N[C@@H](CO)C(=O)O)[C@@H](C)O)[C@@H](C)O. The molecule has 0 spiro atoms. The summed E-state index contributed by atoms with van der Waals surface area (Å²) in [6.45, 7) is 5.96. The fraction of sp³-hybridized carbons (Fsp3) is 0.696. The summed E-state index contributed by atoms with van der Waals surface area (Å²) in [4.78, 5) is 259. The van der Waals surface area contributed by atoms with Crippen molar-refractivity contribution in [2.75, 3.05) is 45.9 Å². The number of carbonyl (C=O) groups is 19. The van der Waals surface area contributed by atoms with E-state index in [-0.39, 0.29) is 95.4 Å². The van der Waals surface area contributed by atoms with Crippen molar-refractivity contribution >= 4 is 124 Å². The Morgan fingerprint density at radius 2 is 0.683 bits per heavy atom. The van der Waals surface area contributed by atoms with E-state index in [1.165, 1.54) is 6.92 Å². The first-order valence-corrected chi connectivity index (χ1v) is 38.5. The lowest BCUT2D eigenvalue weighted by molar-refractivity contribution is -0.144. The number of hydrogen-bond acceptors (Lipinski definition) is 28. The number of guanidine groups is 2. The van der Waals surface area contributed by atoms with Crippen LogP contribution in [0.4, 0.5) is 0 Å². The molecule has 0 heterocycles. The molecule has 51 nitrogen and oxygen atoms in total. The lowest BCUT2D eigenvalue weighted by atomic mass is 10.0. The minimum Gasteiger partial charge on any atom is -0.481 e. The van der Waals surface area contributed by atoms with Crippen LogP contribution in [0.3, 0.4) is 0 Å². The van der Waals surface area contributed by atoms with Gasteiger partial charge in [-0.2, -0.15) is 0 Å². The monoisotopic (exact) mass is 1720 g/mol. The molecule has 0 aliphatic heterocycles.